The Bertz CT molecular complexity index is 608. The van der Waals surface area contributed by atoms with Crippen LogP contribution in [0, 0.1) is 5.92 Å². The van der Waals surface area contributed by atoms with Gasteiger partial charge in [0.1, 0.15) is 5.75 Å². The summed E-state index contributed by atoms with van der Waals surface area (Å²) in [5.74, 6) is -0.233. The fourth-order valence-electron chi connectivity index (χ4n) is 3.31. The number of Topliss-reactive ketones (excluding diaryl/α,β-unsaturated/α-hetero) is 1. The molecule has 0 bridgehead atoms. The van der Waals surface area contributed by atoms with Crippen LogP contribution in [-0.4, -0.2) is 28.0 Å². The quantitative estimate of drug-likeness (QED) is 0.604. The number of phenolic OH excluding ortho intramolecular Hbond substituents is 1. The van der Waals surface area contributed by atoms with Gasteiger partial charge in [-0.25, -0.2) is 0 Å². The van der Waals surface area contributed by atoms with Gasteiger partial charge in [-0.1, -0.05) is 20.3 Å². The molecule has 5 heteroatoms. The third-order valence-corrected chi connectivity index (χ3v) is 4.94. The lowest BCUT2D eigenvalue weighted by Crippen LogP contribution is -2.40. The monoisotopic (exact) mass is 333 g/mol. The van der Waals surface area contributed by atoms with E-state index in [0.29, 0.717) is 36.4 Å². The summed E-state index contributed by atoms with van der Waals surface area (Å²) >= 11 is 0. The number of nitrogens with one attached hydrogen (secondary N) is 1. The number of hydrogen-bond acceptors (Lipinski definition) is 4. The van der Waals surface area contributed by atoms with Gasteiger partial charge in [0.2, 0.25) is 0 Å². The zero-order chi connectivity index (χ0) is 17.7. The summed E-state index contributed by atoms with van der Waals surface area (Å²) in [7, 11) is 0. The van der Waals surface area contributed by atoms with Crippen LogP contribution in [0.3, 0.4) is 0 Å². The van der Waals surface area contributed by atoms with Gasteiger partial charge in [-0.15, -0.1) is 0 Å². The smallest absolute Gasteiger partial charge is 0.304 e. The third kappa shape index (κ3) is 4.35. The standard InChI is InChI=1S/C19H27NO4/c1-3-14-15(17(21)4-2)8-12(9-18(14)22)11-20-16(10-19(23)24)13-6-5-7-13/h8-9,13,16,20,22H,3-7,10-11H2,1-2H3,(H,23,24). The SMILES string of the molecule is CCC(=O)c1cc(CNC(CC(=O)O)C2CCC2)cc(O)c1CC. The van der Waals surface area contributed by atoms with E-state index in [4.69, 9.17) is 5.11 Å². The summed E-state index contributed by atoms with van der Waals surface area (Å²) in [5, 5.41) is 22.6. The van der Waals surface area contributed by atoms with Crippen LogP contribution in [0.25, 0.3) is 0 Å². The van der Waals surface area contributed by atoms with E-state index in [9.17, 15) is 14.7 Å². The van der Waals surface area contributed by atoms with E-state index in [1.165, 1.54) is 0 Å². The third-order valence-electron chi connectivity index (χ3n) is 4.94. The van der Waals surface area contributed by atoms with Crippen LogP contribution in [0.15, 0.2) is 12.1 Å². The number of aromatic hydroxyl groups is 1. The second-order valence-electron chi connectivity index (χ2n) is 6.55. The molecule has 5 nitrogen and oxygen atoms in total. The van der Waals surface area contributed by atoms with Crippen LogP contribution in [0.2, 0.25) is 0 Å². The normalized spacial score (nSPS) is 15.8. The van der Waals surface area contributed by atoms with Crippen LogP contribution in [0.1, 0.15) is 67.4 Å². The molecular formula is C19H27NO4. The summed E-state index contributed by atoms with van der Waals surface area (Å²) < 4.78 is 0. The molecule has 1 aromatic carbocycles. The number of benzene rings is 1. The largest absolute Gasteiger partial charge is 0.508 e. The zero-order valence-corrected chi connectivity index (χ0v) is 14.5. The van der Waals surface area contributed by atoms with Gasteiger partial charge in [0.15, 0.2) is 5.78 Å². The first-order chi connectivity index (χ1) is 11.5. The van der Waals surface area contributed by atoms with Gasteiger partial charge < -0.3 is 15.5 Å². The number of carbonyl (C=O) groups excluding carboxylic acids is 1. The van der Waals surface area contributed by atoms with Crippen molar-refractivity contribution in [1.82, 2.24) is 5.32 Å². The molecule has 132 valence electrons. The van der Waals surface area contributed by atoms with Gasteiger partial charge in [-0.3, -0.25) is 9.59 Å². The Hall–Kier alpha value is -1.88. The number of carbonyl (C=O) groups is 2. The highest BCUT2D eigenvalue weighted by atomic mass is 16.4. The summed E-state index contributed by atoms with van der Waals surface area (Å²) in [6.07, 6.45) is 4.38. The molecule has 0 spiro atoms. The Morgan fingerprint density at radius 3 is 2.50 bits per heavy atom. The molecule has 3 N–H and O–H groups in total. The van der Waals surface area contributed by atoms with Crippen molar-refractivity contribution in [2.75, 3.05) is 0 Å². The Balaban J connectivity index is 2.14. The summed E-state index contributed by atoms with van der Waals surface area (Å²) in [6, 6.07) is 3.45. The minimum atomic E-state index is -0.801. The lowest BCUT2D eigenvalue weighted by atomic mass is 9.78. The van der Waals surface area contributed by atoms with Crippen LogP contribution < -0.4 is 5.32 Å². The fraction of sp³-hybridized carbons (Fsp3) is 0.579. The van der Waals surface area contributed by atoms with E-state index in [2.05, 4.69) is 5.32 Å². The number of ketones is 1. The topological polar surface area (TPSA) is 86.6 Å². The van der Waals surface area contributed by atoms with Crippen molar-refractivity contribution in [3.8, 4) is 5.75 Å². The maximum Gasteiger partial charge on any atom is 0.304 e. The lowest BCUT2D eigenvalue weighted by molar-refractivity contribution is -0.138. The van der Waals surface area contributed by atoms with Crippen molar-refractivity contribution in [2.45, 2.75) is 65.0 Å². The Kier molecular flexibility index (Phi) is 6.37. The highest BCUT2D eigenvalue weighted by Gasteiger charge is 2.28. The van der Waals surface area contributed by atoms with Crippen molar-refractivity contribution in [1.29, 1.82) is 0 Å². The van der Waals surface area contributed by atoms with E-state index in [0.717, 1.165) is 24.8 Å². The van der Waals surface area contributed by atoms with E-state index < -0.39 is 5.97 Å². The summed E-state index contributed by atoms with van der Waals surface area (Å²) in [5.41, 5.74) is 2.08. The van der Waals surface area contributed by atoms with E-state index in [1.54, 1.807) is 6.07 Å². The van der Waals surface area contributed by atoms with Gasteiger partial charge >= 0.3 is 5.97 Å². The molecule has 0 radical (unpaired) electrons. The molecule has 24 heavy (non-hydrogen) atoms. The lowest BCUT2D eigenvalue weighted by Gasteiger charge is -2.33. The van der Waals surface area contributed by atoms with Crippen molar-refractivity contribution < 1.29 is 19.8 Å². The van der Waals surface area contributed by atoms with Gasteiger partial charge in [-0.2, -0.15) is 0 Å². The molecule has 0 heterocycles. The average molecular weight is 333 g/mol. The van der Waals surface area contributed by atoms with E-state index >= 15 is 0 Å². The second kappa shape index (κ2) is 8.29. The van der Waals surface area contributed by atoms with Crippen molar-refractivity contribution >= 4 is 11.8 Å². The van der Waals surface area contributed by atoms with Crippen LogP contribution >= 0.6 is 0 Å². The fourth-order valence-corrected chi connectivity index (χ4v) is 3.31. The summed E-state index contributed by atoms with van der Waals surface area (Å²) in [4.78, 5) is 23.2. The molecule has 1 aliphatic carbocycles. The van der Waals surface area contributed by atoms with Crippen molar-refractivity contribution in [3.63, 3.8) is 0 Å². The Morgan fingerprint density at radius 1 is 1.29 bits per heavy atom. The van der Waals surface area contributed by atoms with Crippen LogP contribution in [0.4, 0.5) is 0 Å². The molecule has 1 saturated carbocycles. The predicted molar refractivity (Wildman–Crippen MR) is 92.3 cm³/mol. The van der Waals surface area contributed by atoms with Crippen molar-refractivity contribution in [2.24, 2.45) is 5.92 Å². The van der Waals surface area contributed by atoms with Crippen LogP contribution in [0.5, 0.6) is 5.75 Å². The predicted octanol–water partition coefficient (Wildman–Crippen LogP) is 3.28. The van der Waals surface area contributed by atoms with Crippen molar-refractivity contribution in [3.05, 3.63) is 28.8 Å². The Morgan fingerprint density at radius 2 is 2.00 bits per heavy atom. The van der Waals surface area contributed by atoms with Gasteiger partial charge in [-0.05, 0) is 42.9 Å². The number of phenols is 1. The zero-order valence-electron chi connectivity index (χ0n) is 14.5. The molecule has 1 aliphatic rings. The molecule has 1 fully saturated rings. The first kappa shape index (κ1) is 18.5. The molecular weight excluding hydrogens is 306 g/mol. The maximum absolute atomic E-state index is 12.1. The second-order valence-corrected chi connectivity index (χ2v) is 6.55. The number of carboxylic acids is 1. The first-order valence-corrected chi connectivity index (χ1v) is 8.79. The highest BCUT2D eigenvalue weighted by molar-refractivity contribution is 5.98. The summed E-state index contributed by atoms with van der Waals surface area (Å²) in [6.45, 7) is 4.18. The average Bonchev–Trinajstić information content (AvgIpc) is 2.49. The van der Waals surface area contributed by atoms with Gasteiger partial charge in [0.05, 0.1) is 6.42 Å². The number of carboxylic acid groups (broad SMARTS) is 1. The minimum Gasteiger partial charge on any atom is -0.508 e. The number of hydrogen-bond donors (Lipinski definition) is 3. The molecule has 1 aromatic rings. The maximum atomic E-state index is 12.1. The van der Waals surface area contributed by atoms with Gasteiger partial charge in [0.25, 0.3) is 0 Å². The molecule has 0 aromatic heterocycles. The molecule has 2 rings (SSSR count). The molecule has 0 aliphatic heterocycles. The van der Waals surface area contributed by atoms with Crippen LogP contribution in [-0.2, 0) is 17.8 Å². The van der Waals surface area contributed by atoms with Gasteiger partial charge in [0, 0.05) is 30.1 Å². The Labute approximate surface area is 143 Å². The molecule has 0 saturated heterocycles. The minimum absolute atomic E-state index is 0.0186. The van der Waals surface area contributed by atoms with E-state index in [-0.39, 0.29) is 24.0 Å². The highest BCUT2D eigenvalue weighted by Crippen LogP contribution is 2.31. The van der Waals surface area contributed by atoms with E-state index in [1.807, 2.05) is 19.9 Å². The molecule has 1 unspecified atom stereocenters. The molecule has 0 amide bonds. The number of aliphatic carboxylic acids is 1. The first-order valence-electron chi connectivity index (χ1n) is 8.79. The molecule has 1 atom stereocenters. The number of rotatable bonds is 9.